The smallest absolute Gasteiger partial charge is 0.223 e. The van der Waals surface area contributed by atoms with Gasteiger partial charge in [-0.1, -0.05) is 43.3 Å². The molecule has 2 rings (SSSR count). The predicted octanol–water partition coefficient (Wildman–Crippen LogP) is 2.59. The van der Waals surface area contributed by atoms with Crippen LogP contribution in [0.3, 0.4) is 0 Å². The summed E-state index contributed by atoms with van der Waals surface area (Å²) in [7, 11) is 0. The molecule has 4 heteroatoms. The first-order valence-electron chi connectivity index (χ1n) is 6.88. The number of hydrogen-bond donors (Lipinski definition) is 3. The summed E-state index contributed by atoms with van der Waals surface area (Å²) >= 11 is 0. The van der Waals surface area contributed by atoms with Crippen molar-refractivity contribution in [2.75, 3.05) is 0 Å². The number of aromatic hydroxyl groups is 2. The Kier molecular flexibility index (Phi) is 4.82. The molecule has 0 saturated carbocycles. The Morgan fingerprint density at radius 2 is 1.76 bits per heavy atom. The van der Waals surface area contributed by atoms with E-state index in [4.69, 9.17) is 0 Å². The number of hydrogen-bond acceptors (Lipinski definition) is 3. The molecule has 21 heavy (non-hydrogen) atoms. The Hall–Kier alpha value is -2.49. The highest BCUT2D eigenvalue weighted by atomic mass is 16.3. The normalized spacial score (nSPS) is 11.9. The second-order valence-electron chi connectivity index (χ2n) is 5.13. The van der Waals surface area contributed by atoms with E-state index in [1.165, 1.54) is 12.1 Å². The van der Waals surface area contributed by atoms with Gasteiger partial charge in [0.1, 0.15) is 0 Å². The van der Waals surface area contributed by atoms with Crippen LogP contribution in [0.15, 0.2) is 48.5 Å². The average Bonchev–Trinajstić information content (AvgIpc) is 2.49. The minimum Gasteiger partial charge on any atom is -0.504 e. The largest absolute Gasteiger partial charge is 0.504 e. The number of phenolic OH excluding ortho intramolecular Hbond substituents is 2. The van der Waals surface area contributed by atoms with Crippen molar-refractivity contribution >= 4 is 5.91 Å². The lowest BCUT2D eigenvalue weighted by Crippen LogP contribution is -2.29. The van der Waals surface area contributed by atoms with Gasteiger partial charge in [0, 0.05) is 12.5 Å². The van der Waals surface area contributed by atoms with E-state index >= 15 is 0 Å². The first-order chi connectivity index (χ1) is 10.1. The van der Waals surface area contributed by atoms with Gasteiger partial charge >= 0.3 is 0 Å². The fourth-order valence-electron chi connectivity index (χ4n) is 2.10. The van der Waals surface area contributed by atoms with Gasteiger partial charge in [0.25, 0.3) is 0 Å². The summed E-state index contributed by atoms with van der Waals surface area (Å²) in [4.78, 5) is 12.0. The van der Waals surface area contributed by atoms with Crippen LogP contribution in [0, 0.1) is 5.92 Å². The van der Waals surface area contributed by atoms with E-state index in [-0.39, 0.29) is 23.3 Å². The van der Waals surface area contributed by atoms with Crippen LogP contribution in [0.25, 0.3) is 0 Å². The highest BCUT2D eigenvalue weighted by Crippen LogP contribution is 2.26. The Labute approximate surface area is 124 Å². The van der Waals surface area contributed by atoms with E-state index in [1.807, 2.05) is 37.3 Å². The fourth-order valence-corrected chi connectivity index (χ4v) is 2.10. The zero-order valence-corrected chi connectivity index (χ0v) is 11.9. The molecule has 2 aromatic rings. The first-order valence-corrected chi connectivity index (χ1v) is 6.88. The molecule has 1 unspecified atom stereocenters. The number of carbonyl (C=O) groups excluding carboxylic acids is 1. The van der Waals surface area contributed by atoms with E-state index in [0.29, 0.717) is 13.0 Å². The highest BCUT2D eigenvalue weighted by Gasteiger charge is 2.14. The molecule has 3 N–H and O–H groups in total. The summed E-state index contributed by atoms with van der Waals surface area (Å²) in [6.45, 7) is 2.34. The molecule has 0 aliphatic carbocycles. The zero-order valence-electron chi connectivity index (χ0n) is 11.9. The fraction of sp³-hybridized carbons (Fsp3) is 0.235. The molecule has 0 spiro atoms. The van der Waals surface area contributed by atoms with E-state index < -0.39 is 0 Å². The van der Waals surface area contributed by atoms with Crippen molar-refractivity contribution in [2.45, 2.75) is 19.9 Å². The van der Waals surface area contributed by atoms with Gasteiger partial charge < -0.3 is 15.5 Å². The SMILES string of the molecule is CC(Cc1ccc(O)c(O)c1)C(=O)NCc1ccccc1. The van der Waals surface area contributed by atoms with Gasteiger partial charge in [-0.25, -0.2) is 0 Å². The molecule has 0 radical (unpaired) electrons. The molecule has 0 saturated heterocycles. The van der Waals surface area contributed by atoms with Crippen LogP contribution >= 0.6 is 0 Å². The van der Waals surface area contributed by atoms with Gasteiger partial charge in [0.15, 0.2) is 11.5 Å². The van der Waals surface area contributed by atoms with Crippen LogP contribution in [0.4, 0.5) is 0 Å². The molecule has 0 fully saturated rings. The highest BCUT2D eigenvalue weighted by molar-refractivity contribution is 5.78. The van der Waals surface area contributed by atoms with Crippen molar-refractivity contribution in [3.05, 3.63) is 59.7 Å². The molecule has 0 bridgehead atoms. The number of rotatable bonds is 5. The van der Waals surface area contributed by atoms with Crippen LogP contribution < -0.4 is 5.32 Å². The lowest BCUT2D eigenvalue weighted by molar-refractivity contribution is -0.124. The third-order valence-electron chi connectivity index (χ3n) is 3.34. The van der Waals surface area contributed by atoms with Gasteiger partial charge in [-0.15, -0.1) is 0 Å². The van der Waals surface area contributed by atoms with E-state index in [0.717, 1.165) is 11.1 Å². The van der Waals surface area contributed by atoms with Gasteiger partial charge in [-0.05, 0) is 29.7 Å². The maximum absolute atomic E-state index is 12.0. The Balaban J connectivity index is 1.88. The Morgan fingerprint density at radius 3 is 2.43 bits per heavy atom. The average molecular weight is 285 g/mol. The van der Waals surface area contributed by atoms with Crippen molar-refractivity contribution in [1.29, 1.82) is 0 Å². The summed E-state index contributed by atoms with van der Waals surface area (Å²) in [6.07, 6.45) is 0.508. The van der Waals surface area contributed by atoms with Gasteiger partial charge in [0.2, 0.25) is 5.91 Å². The van der Waals surface area contributed by atoms with Gasteiger partial charge in [-0.2, -0.15) is 0 Å². The van der Waals surface area contributed by atoms with Crippen molar-refractivity contribution < 1.29 is 15.0 Å². The molecule has 1 amide bonds. The Bertz CT molecular complexity index is 611. The standard InChI is InChI=1S/C17H19NO3/c1-12(9-14-7-8-15(19)16(20)10-14)17(21)18-11-13-5-3-2-4-6-13/h2-8,10,12,19-20H,9,11H2,1H3,(H,18,21). The molecular weight excluding hydrogens is 266 g/mol. The molecule has 2 aromatic carbocycles. The van der Waals surface area contributed by atoms with E-state index in [9.17, 15) is 15.0 Å². The van der Waals surface area contributed by atoms with Gasteiger partial charge in [-0.3, -0.25) is 4.79 Å². The number of benzene rings is 2. The minimum absolute atomic E-state index is 0.0357. The Morgan fingerprint density at radius 1 is 1.05 bits per heavy atom. The third-order valence-corrected chi connectivity index (χ3v) is 3.34. The maximum Gasteiger partial charge on any atom is 0.223 e. The molecular formula is C17H19NO3. The predicted molar refractivity (Wildman–Crippen MR) is 80.9 cm³/mol. The van der Waals surface area contributed by atoms with Crippen molar-refractivity contribution in [3.8, 4) is 11.5 Å². The molecule has 110 valence electrons. The van der Waals surface area contributed by atoms with E-state index in [2.05, 4.69) is 5.32 Å². The summed E-state index contributed by atoms with van der Waals surface area (Å²) in [5.74, 6) is -0.562. The van der Waals surface area contributed by atoms with Crippen LogP contribution in [0.1, 0.15) is 18.1 Å². The summed E-state index contributed by atoms with van der Waals surface area (Å²) in [6, 6.07) is 14.3. The van der Waals surface area contributed by atoms with E-state index in [1.54, 1.807) is 6.07 Å². The quantitative estimate of drug-likeness (QED) is 0.740. The van der Waals surface area contributed by atoms with Crippen molar-refractivity contribution in [2.24, 2.45) is 5.92 Å². The summed E-state index contributed by atoms with van der Waals surface area (Å²) < 4.78 is 0. The van der Waals surface area contributed by atoms with Crippen LogP contribution in [-0.4, -0.2) is 16.1 Å². The van der Waals surface area contributed by atoms with Crippen LogP contribution in [0.5, 0.6) is 11.5 Å². The summed E-state index contributed by atoms with van der Waals surface area (Å²) in [5.41, 5.74) is 1.87. The molecule has 0 heterocycles. The number of carbonyl (C=O) groups is 1. The maximum atomic E-state index is 12.0. The molecule has 0 aromatic heterocycles. The molecule has 0 aliphatic rings. The number of phenols is 2. The second kappa shape index (κ2) is 6.79. The minimum atomic E-state index is -0.211. The monoisotopic (exact) mass is 285 g/mol. The number of amides is 1. The van der Waals surface area contributed by atoms with Crippen molar-refractivity contribution in [1.82, 2.24) is 5.32 Å². The van der Waals surface area contributed by atoms with Gasteiger partial charge in [0.05, 0.1) is 0 Å². The first kappa shape index (κ1) is 14.9. The molecule has 1 atom stereocenters. The second-order valence-corrected chi connectivity index (χ2v) is 5.13. The zero-order chi connectivity index (χ0) is 15.2. The molecule has 0 aliphatic heterocycles. The summed E-state index contributed by atoms with van der Waals surface area (Å²) in [5, 5.41) is 21.6. The lowest BCUT2D eigenvalue weighted by atomic mass is 10.00. The number of nitrogens with one attached hydrogen (secondary N) is 1. The van der Waals surface area contributed by atoms with Crippen molar-refractivity contribution in [3.63, 3.8) is 0 Å². The van der Waals surface area contributed by atoms with Crippen LogP contribution in [-0.2, 0) is 17.8 Å². The lowest BCUT2D eigenvalue weighted by Gasteiger charge is -2.13. The third kappa shape index (κ3) is 4.24. The van der Waals surface area contributed by atoms with Crippen LogP contribution in [0.2, 0.25) is 0 Å². The topological polar surface area (TPSA) is 69.6 Å². The molecule has 4 nitrogen and oxygen atoms in total.